The minimum atomic E-state index is -0.126. The summed E-state index contributed by atoms with van der Waals surface area (Å²) in [7, 11) is 0. The molecule has 0 fully saturated rings. The molecule has 0 saturated carbocycles. The van der Waals surface area contributed by atoms with Crippen LogP contribution in [0.3, 0.4) is 0 Å². The Morgan fingerprint density at radius 1 is 1.35 bits per heavy atom. The van der Waals surface area contributed by atoms with Crippen molar-refractivity contribution in [3.8, 4) is 0 Å². The van der Waals surface area contributed by atoms with E-state index in [9.17, 15) is 4.79 Å². The lowest BCUT2D eigenvalue weighted by Crippen LogP contribution is -2.35. The van der Waals surface area contributed by atoms with E-state index in [0.717, 1.165) is 18.5 Å². The van der Waals surface area contributed by atoms with E-state index in [-0.39, 0.29) is 11.1 Å². The summed E-state index contributed by atoms with van der Waals surface area (Å²) in [4.78, 5) is 18.3. The average Bonchev–Trinajstić information content (AvgIpc) is 2.48. The number of hydrogen-bond donors (Lipinski definition) is 1. The molecule has 0 spiro atoms. The van der Waals surface area contributed by atoms with Gasteiger partial charge in [0.15, 0.2) is 0 Å². The molecule has 0 unspecified atom stereocenters. The van der Waals surface area contributed by atoms with Crippen molar-refractivity contribution >= 4 is 28.9 Å². The Morgan fingerprint density at radius 3 is 3.00 bits per heavy atom. The summed E-state index contributed by atoms with van der Waals surface area (Å²) in [6.07, 6.45) is 3.36. The van der Waals surface area contributed by atoms with Crippen LogP contribution in [0.1, 0.15) is 22.3 Å². The first-order valence-corrected chi connectivity index (χ1v) is 6.85. The van der Waals surface area contributed by atoms with Gasteiger partial charge in [-0.2, -0.15) is 0 Å². The molecule has 1 aromatic carbocycles. The number of pyridine rings is 1. The molecule has 1 amide bonds. The van der Waals surface area contributed by atoms with E-state index in [2.05, 4.69) is 11.1 Å². The molecule has 2 aromatic rings. The van der Waals surface area contributed by atoms with Gasteiger partial charge in [-0.1, -0.05) is 29.8 Å². The number of anilines is 2. The maximum absolute atomic E-state index is 12.7. The molecule has 102 valence electrons. The van der Waals surface area contributed by atoms with Gasteiger partial charge >= 0.3 is 0 Å². The zero-order chi connectivity index (χ0) is 14.1. The fourth-order valence-corrected chi connectivity index (χ4v) is 2.67. The zero-order valence-corrected chi connectivity index (χ0v) is 11.6. The number of halogens is 1. The Balaban J connectivity index is 2.02. The molecule has 0 saturated heterocycles. The second-order valence-electron chi connectivity index (χ2n) is 4.78. The number of aryl methyl sites for hydroxylation is 1. The van der Waals surface area contributed by atoms with Crippen LogP contribution in [0.25, 0.3) is 0 Å². The van der Waals surface area contributed by atoms with Gasteiger partial charge in [0.2, 0.25) is 0 Å². The van der Waals surface area contributed by atoms with Gasteiger partial charge in [0.1, 0.15) is 5.15 Å². The number of nitrogens with two attached hydrogens (primary N) is 1. The van der Waals surface area contributed by atoms with Crippen LogP contribution in [0.15, 0.2) is 36.5 Å². The summed E-state index contributed by atoms with van der Waals surface area (Å²) < 4.78 is 0. The molecule has 0 aliphatic carbocycles. The quantitative estimate of drug-likeness (QED) is 0.821. The molecule has 0 bridgehead atoms. The maximum atomic E-state index is 12.7. The molecule has 1 aliphatic rings. The normalized spacial score (nSPS) is 13.9. The third-order valence-corrected chi connectivity index (χ3v) is 3.69. The molecule has 2 heterocycles. The zero-order valence-electron chi connectivity index (χ0n) is 10.8. The van der Waals surface area contributed by atoms with E-state index in [0.29, 0.717) is 17.8 Å². The fraction of sp³-hybridized carbons (Fsp3) is 0.200. The van der Waals surface area contributed by atoms with Crippen molar-refractivity contribution in [2.75, 3.05) is 17.2 Å². The van der Waals surface area contributed by atoms with Crippen LogP contribution in [-0.4, -0.2) is 17.4 Å². The number of fused-ring (bicyclic) bond motifs is 1. The van der Waals surface area contributed by atoms with Gasteiger partial charge < -0.3 is 10.6 Å². The third kappa shape index (κ3) is 2.23. The lowest BCUT2D eigenvalue weighted by Gasteiger charge is -2.29. The average molecular weight is 288 g/mol. The fourth-order valence-electron chi connectivity index (χ4n) is 2.52. The largest absolute Gasteiger partial charge is 0.397 e. The second kappa shape index (κ2) is 5.13. The van der Waals surface area contributed by atoms with Crippen molar-refractivity contribution in [1.82, 2.24) is 4.98 Å². The van der Waals surface area contributed by atoms with Crippen LogP contribution in [-0.2, 0) is 6.42 Å². The van der Waals surface area contributed by atoms with Crippen molar-refractivity contribution in [1.29, 1.82) is 0 Å². The predicted molar refractivity (Wildman–Crippen MR) is 80.1 cm³/mol. The molecule has 1 aliphatic heterocycles. The number of benzene rings is 1. The van der Waals surface area contributed by atoms with Crippen LogP contribution in [0, 0.1) is 0 Å². The van der Waals surface area contributed by atoms with Gasteiger partial charge in [-0.3, -0.25) is 4.79 Å². The second-order valence-corrected chi connectivity index (χ2v) is 5.17. The third-order valence-electron chi connectivity index (χ3n) is 3.49. The standard InChI is InChI=1S/C15H14ClN3O/c16-14-8-11(12(17)9-18-14)15(20)19-7-3-5-10-4-1-2-6-13(10)19/h1-2,4,6,8-9H,3,5,7,17H2. The first-order valence-electron chi connectivity index (χ1n) is 6.47. The predicted octanol–water partition coefficient (Wildman–Crippen LogP) is 2.91. The summed E-state index contributed by atoms with van der Waals surface area (Å²) in [6.45, 7) is 0.690. The van der Waals surface area contributed by atoms with Crippen molar-refractivity contribution < 1.29 is 4.79 Å². The molecule has 20 heavy (non-hydrogen) atoms. The number of amides is 1. The van der Waals surface area contributed by atoms with Gasteiger partial charge in [-0.15, -0.1) is 0 Å². The van der Waals surface area contributed by atoms with E-state index in [1.54, 1.807) is 4.90 Å². The van der Waals surface area contributed by atoms with Crippen molar-refractivity contribution in [2.24, 2.45) is 0 Å². The number of para-hydroxylation sites is 1. The van der Waals surface area contributed by atoms with E-state index in [4.69, 9.17) is 17.3 Å². The number of aromatic nitrogens is 1. The Bertz CT molecular complexity index is 672. The molecule has 2 N–H and O–H groups in total. The number of rotatable bonds is 1. The summed E-state index contributed by atoms with van der Waals surface area (Å²) in [5.74, 6) is -0.126. The Morgan fingerprint density at radius 2 is 2.15 bits per heavy atom. The lowest BCUT2D eigenvalue weighted by atomic mass is 10.0. The lowest BCUT2D eigenvalue weighted by molar-refractivity contribution is 0.0986. The number of hydrogen-bond acceptors (Lipinski definition) is 3. The molecule has 0 atom stereocenters. The summed E-state index contributed by atoms with van der Waals surface area (Å²) in [6, 6.07) is 9.47. The van der Waals surface area contributed by atoms with Gasteiger partial charge in [0.25, 0.3) is 5.91 Å². The number of nitrogen functional groups attached to an aromatic ring is 1. The van der Waals surface area contributed by atoms with E-state index >= 15 is 0 Å². The van der Waals surface area contributed by atoms with Gasteiger partial charge in [0.05, 0.1) is 17.4 Å². The van der Waals surface area contributed by atoms with Gasteiger partial charge in [-0.25, -0.2) is 4.98 Å². The Kier molecular flexibility index (Phi) is 3.32. The van der Waals surface area contributed by atoms with Gasteiger partial charge in [0, 0.05) is 12.2 Å². The first-order chi connectivity index (χ1) is 9.66. The summed E-state index contributed by atoms with van der Waals surface area (Å²) in [5.41, 5.74) is 8.74. The van der Waals surface area contributed by atoms with Gasteiger partial charge in [-0.05, 0) is 30.5 Å². The SMILES string of the molecule is Nc1cnc(Cl)cc1C(=O)N1CCCc2ccccc21. The highest BCUT2D eigenvalue weighted by atomic mass is 35.5. The smallest absolute Gasteiger partial charge is 0.260 e. The van der Waals surface area contributed by atoms with Crippen molar-refractivity contribution in [3.05, 3.63) is 52.8 Å². The first kappa shape index (κ1) is 12.9. The van der Waals surface area contributed by atoms with E-state index in [1.165, 1.54) is 17.8 Å². The van der Waals surface area contributed by atoms with Crippen LogP contribution in [0.5, 0.6) is 0 Å². The van der Waals surface area contributed by atoms with Crippen LogP contribution in [0.4, 0.5) is 11.4 Å². The van der Waals surface area contributed by atoms with E-state index in [1.807, 2.05) is 18.2 Å². The number of carbonyl (C=O) groups is 1. The maximum Gasteiger partial charge on any atom is 0.260 e. The minimum absolute atomic E-state index is 0.126. The minimum Gasteiger partial charge on any atom is -0.397 e. The Labute approximate surface area is 122 Å². The van der Waals surface area contributed by atoms with Crippen LogP contribution in [0.2, 0.25) is 5.15 Å². The van der Waals surface area contributed by atoms with Crippen molar-refractivity contribution in [3.63, 3.8) is 0 Å². The van der Waals surface area contributed by atoms with E-state index < -0.39 is 0 Å². The molecule has 1 aromatic heterocycles. The number of carbonyl (C=O) groups excluding carboxylic acids is 1. The highest BCUT2D eigenvalue weighted by Crippen LogP contribution is 2.29. The topological polar surface area (TPSA) is 59.2 Å². The molecule has 0 radical (unpaired) electrons. The summed E-state index contributed by atoms with van der Waals surface area (Å²) in [5, 5.41) is 0.271. The number of nitrogens with zero attached hydrogens (tertiary/aromatic N) is 2. The molecule has 4 nitrogen and oxygen atoms in total. The summed E-state index contributed by atoms with van der Waals surface area (Å²) >= 11 is 5.86. The highest BCUT2D eigenvalue weighted by Gasteiger charge is 2.24. The molecule has 5 heteroatoms. The highest BCUT2D eigenvalue weighted by molar-refractivity contribution is 6.30. The monoisotopic (exact) mass is 287 g/mol. The van der Waals surface area contributed by atoms with Crippen molar-refractivity contribution in [2.45, 2.75) is 12.8 Å². The Hall–Kier alpha value is -2.07. The molecule has 3 rings (SSSR count). The molecular weight excluding hydrogens is 274 g/mol. The molecular formula is C15H14ClN3O. The van der Waals surface area contributed by atoms with Crippen LogP contribution < -0.4 is 10.6 Å². The van der Waals surface area contributed by atoms with Crippen LogP contribution >= 0.6 is 11.6 Å².